The highest BCUT2D eigenvalue weighted by Crippen LogP contribution is 2.39. The summed E-state index contributed by atoms with van der Waals surface area (Å²) in [6, 6.07) is 13.6. The lowest BCUT2D eigenvalue weighted by Gasteiger charge is -2.24. The van der Waals surface area contributed by atoms with Crippen molar-refractivity contribution < 1.29 is 23.8 Å². The first kappa shape index (κ1) is 24.8. The van der Waals surface area contributed by atoms with Crippen LogP contribution in [0.4, 0.5) is 0 Å². The monoisotopic (exact) mass is 485 g/mol. The Morgan fingerprint density at radius 3 is 2.55 bits per heavy atom. The van der Waals surface area contributed by atoms with E-state index in [1.165, 1.54) is 12.0 Å². The van der Waals surface area contributed by atoms with Crippen LogP contribution in [0.15, 0.2) is 53.4 Å². The van der Waals surface area contributed by atoms with Gasteiger partial charge in [0.1, 0.15) is 4.32 Å². The molecule has 1 unspecified atom stereocenters. The first-order valence-electron chi connectivity index (χ1n) is 10.8. The Kier molecular flexibility index (Phi) is 8.91. The van der Waals surface area contributed by atoms with Gasteiger partial charge in [-0.15, -0.1) is 0 Å². The number of hydrogen-bond acceptors (Lipinski definition) is 7. The zero-order valence-corrected chi connectivity index (χ0v) is 20.5. The van der Waals surface area contributed by atoms with Crippen molar-refractivity contribution >= 4 is 46.3 Å². The number of methoxy groups -OCH3 is 1. The summed E-state index contributed by atoms with van der Waals surface area (Å²) in [6.45, 7) is 5.12. The van der Waals surface area contributed by atoms with Crippen molar-refractivity contribution in [1.82, 2.24) is 4.90 Å². The van der Waals surface area contributed by atoms with Crippen LogP contribution < -0.4 is 9.47 Å². The van der Waals surface area contributed by atoms with E-state index in [9.17, 15) is 9.59 Å². The van der Waals surface area contributed by atoms with Crippen molar-refractivity contribution in [3.63, 3.8) is 0 Å². The van der Waals surface area contributed by atoms with Crippen LogP contribution >= 0.6 is 24.0 Å². The molecule has 0 aliphatic carbocycles. The van der Waals surface area contributed by atoms with Gasteiger partial charge < -0.3 is 14.2 Å². The number of carbonyl (C=O) groups is 2. The Morgan fingerprint density at radius 2 is 1.88 bits per heavy atom. The predicted molar refractivity (Wildman–Crippen MR) is 134 cm³/mol. The summed E-state index contributed by atoms with van der Waals surface area (Å²) in [5.41, 5.74) is 1.41. The van der Waals surface area contributed by atoms with E-state index in [4.69, 9.17) is 26.4 Å². The SMILES string of the molecule is CCCCOc1ccc(/C=C2\SC(=S)N(C(C(=O)OC)c3ccccc3)C2=O)cc1OCC. The molecule has 174 valence electrons. The van der Waals surface area contributed by atoms with Gasteiger partial charge in [-0.3, -0.25) is 9.69 Å². The Balaban J connectivity index is 1.89. The lowest BCUT2D eigenvalue weighted by atomic mass is 10.1. The average Bonchev–Trinajstić information content (AvgIpc) is 3.09. The van der Waals surface area contributed by atoms with Crippen molar-refractivity contribution in [2.75, 3.05) is 20.3 Å². The van der Waals surface area contributed by atoms with Crippen LogP contribution in [0.25, 0.3) is 6.08 Å². The van der Waals surface area contributed by atoms with E-state index >= 15 is 0 Å². The Hall–Kier alpha value is -2.84. The molecule has 1 amide bonds. The number of unbranched alkanes of at least 4 members (excludes halogenated alkanes) is 1. The van der Waals surface area contributed by atoms with Crippen molar-refractivity contribution in [1.29, 1.82) is 0 Å². The maximum atomic E-state index is 13.3. The highest BCUT2D eigenvalue weighted by Gasteiger charge is 2.41. The summed E-state index contributed by atoms with van der Waals surface area (Å²) >= 11 is 6.63. The summed E-state index contributed by atoms with van der Waals surface area (Å²) in [7, 11) is 1.30. The molecule has 0 saturated carbocycles. The molecular formula is C25H27NO5S2. The molecule has 1 saturated heterocycles. The number of amides is 1. The molecule has 0 aromatic heterocycles. The second kappa shape index (κ2) is 11.9. The second-order valence-corrected chi connectivity index (χ2v) is 8.91. The van der Waals surface area contributed by atoms with Crippen LogP contribution in [0.3, 0.4) is 0 Å². The lowest BCUT2D eigenvalue weighted by molar-refractivity contribution is -0.148. The largest absolute Gasteiger partial charge is 0.490 e. The molecule has 0 bridgehead atoms. The molecule has 0 spiro atoms. The number of rotatable bonds is 10. The summed E-state index contributed by atoms with van der Waals surface area (Å²) in [5, 5.41) is 0. The van der Waals surface area contributed by atoms with E-state index in [0.29, 0.717) is 39.5 Å². The Bertz CT molecular complexity index is 1040. The molecule has 6 nitrogen and oxygen atoms in total. The van der Waals surface area contributed by atoms with E-state index in [1.807, 2.05) is 31.2 Å². The molecule has 1 aliphatic heterocycles. The number of hydrogen-bond donors (Lipinski definition) is 0. The quantitative estimate of drug-likeness (QED) is 0.194. The van der Waals surface area contributed by atoms with Crippen LogP contribution in [-0.4, -0.2) is 41.4 Å². The maximum absolute atomic E-state index is 13.3. The van der Waals surface area contributed by atoms with Gasteiger partial charge in [-0.25, -0.2) is 4.79 Å². The van der Waals surface area contributed by atoms with Crippen LogP contribution in [0, 0.1) is 0 Å². The highest BCUT2D eigenvalue weighted by molar-refractivity contribution is 8.26. The van der Waals surface area contributed by atoms with Gasteiger partial charge >= 0.3 is 5.97 Å². The number of nitrogens with zero attached hydrogens (tertiary/aromatic N) is 1. The zero-order valence-electron chi connectivity index (χ0n) is 18.9. The minimum absolute atomic E-state index is 0.301. The number of esters is 1. The third-order valence-electron chi connectivity index (χ3n) is 4.94. The number of benzene rings is 2. The molecule has 1 heterocycles. The molecule has 1 atom stereocenters. The molecule has 1 aliphatic rings. The fourth-order valence-electron chi connectivity index (χ4n) is 3.32. The van der Waals surface area contributed by atoms with E-state index in [0.717, 1.165) is 30.2 Å². The van der Waals surface area contributed by atoms with E-state index in [2.05, 4.69) is 6.92 Å². The fourth-order valence-corrected chi connectivity index (χ4v) is 4.63. The second-order valence-electron chi connectivity index (χ2n) is 7.23. The van der Waals surface area contributed by atoms with Gasteiger partial charge in [-0.2, -0.15) is 0 Å². The Morgan fingerprint density at radius 1 is 1.12 bits per heavy atom. The van der Waals surface area contributed by atoms with E-state index in [1.54, 1.807) is 30.3 Å². The molecule has 2 aromatic rings. The summed E-state index contributed by atoms with van der Waals surface area (Å²) in [5.74, 6) is 0.399. The van der Waals surface area contributed by atoms with Gasteiger partial charge in [0.15, 0.2) is 17.5 Å². The minimum atomic E-state index is -0.942. The van der Waals surface area contributed by atoms with Crippen LogP contribution in [0.1, 0.15) is 43.9 Å². The summed E-state index contributed by atoms with van der Waals surface area (Å²) < 4.78 is 16.8. The Labute approximate surface area is 203 Å². The number of ether oxygens (including phenoxy) is 3. The van der Waals surface area contributed by atoms with Gasteiger partial charge in [0.05, 0.1) is 25.2 Å². The smallest absolute Gasteiger partial charge is 0.333 e. The van der Waals surface area contributed by atoms with Crippen molar-refractivity contribution in [2.45, 2.75) is 32.7 Å². The third kappa shape index (κ3) is 5.94. The van der Waals surface area contributed by atoms with Gasteiger partial charge in [0.25, 0.3) is 5.91 Å². The molecular weight excluding hydrogens is 458 g/mol. The van der Waals surface area contributed by atoms with Crippen molar-refractivity contribution in [2.24, 2.45) is 0 Å². The zero-order chi connectivity index (χ0) is 23.8. The minimum Gasteiger partial charge on any atom is -0.490 e. The molecule has 1 fully saturated rings. The number of thioether (sulfide) groups is 1. The third-order valence-corrected chi connectivity index (χ3v) is 6.27. The molecule has 2 aromatic carbocycles. The average molecular weight is 486 g/mol. The summed E-state index contributed by atoms with van der Waals surface area (Å²) in [4.78, 5) is 27.6. The van der Waals surface area contributed by atoms with E-state index < -0.39 is 12.0 Å². The van der Waals surface area contributed by atoms with Crippen LogP contribution in [-0.2, 0) is 14.3 Å². The van der Waals surface area contributed by atoms with Gasteiger partial charge in [0, 0.05) is 0 Å². The first-order chi connectivity index (χ1) is 16.0. The molecule has 0 radical (unpaired) electrons. The predicted octanol–water partition coefficient (Wildman–Crippen LogP) is 5.38. The molecule has 8 heteroatoms. The molecule has 33 heavy (non-hydrogen) atoms. The van der Waals surface area contributed by atoms with Crippen molar-refractivity contribution in [3.05, 3.63) is 64.6 Å². The van der Waals surface area contributed by atoms with E-state index in [-0.39, 0.29) is 5.91 Å². The van der Waals surface area contributed by atoms with Crippen LogP contribution in [0.5, 0.6) is 11.5 Å². The normalized spacial score (nSPS) is 15.6. The van der Waals surface area contributed by atoms with Gasteiger partial charge in [-0.05, 0) is 42.7 Å². The topological polar surface area (TPSA) is 65.1 Å². The first-order valence-corrected chi connectivity index (χ1v) is 12.0. The maximum Gasteiger partial charge on any atom is 0.333 e. The standard InChI is InChI=1S/C25H27NO5S2/c1-4-6-14-31-19-13-12-17(15-20(19)30-5-2)16-21-23(27)26(25(32)33-21)22(24(28)29-3)18-10-8-7-9-11-18/h7-13,15-16,22H,4-6,14H2,1-3H3/b21-16-. The number of carbonyl (C=O) groups excluding carboxylic acids is 2. The van der Waals surface area contributed by atoms with Crippen molar-refractivity contribution in [3.8, 4) is 11.5 Å². The van der Waals surface area contributed by atoms with Crippen LogP contribution in [0.2, 0.25) is 0 Å². The number of thiocarbonyl (C=S) groups is 1. The molecule has 0 N–H and O–H groups in total. The van der Waals surface area contributed by atoms with Gasteiger partial charge in [-0.1, -0.05) is 73.7 Å². The highest BCUT2D eigenvalue weighted by atomic mass is 32.2. The summed E-state index contributed by atoms with van der Waals surface area (Å²) in [6.07, 6.45) is 3.75. The lowest BCUT2D eigenvalue weighted by Crippen LogP contribution is -2.37. The fraction of sp³-hybridized carbons (Fsp3) is 0.320. The van der Waals surface area contributed by atoms with Gasteiger partial charge in [0.2, 0.25) is 0 Å². The molecule has 3 rings (SSSR count).